The van der Waals surface area contributed by atoms with E-state index in [4.69, 9.17) is 16.1 Å². The van der Waals surface area contributed by atoms with Crippen LogP contribution >= 0.6 is 27.5 Å². The first-order valence-corrected chi connectivity index (χ1v) is 10.8. The van der Waals surface area contributed by atoms with Crippen LogP contribution in [0.2, 0.25) is 5.02 Å². The molecule has 0 radical (unpaired) electrons. The topological polar surface area (TPSA) is 103 Å². The summed E-state index contributed by atoms with van der Waals surface area (Å²) in [7, 11) is -1.40. The molecule has 29 heavy (non-hydrogen) atoms. The monoisotopic (exact) mass is 499 g/mol. The minimum atomic E-state index is -3.95. The number of methoxy groups -OCH3 is 1. The molecule has 0 aliphatic rings. The number of hydrogen-bond donors (Lipinski definition) is 0. The van der Waals surface area contributed by atoms with Crippen molar-refractivity contribution in [2.24, 2.45) is 0 Å². The number of carbonyl (C=O) groups is 1. The molecule has 0 fully saturated rings. The summed E-state index contributed by atoms with van der Waals surface area (Å²) in [6.45, 7) is -0.153. The number of benzene rings is 2. The number of halogens is 2. The summed E-state index contributed by atoms with van der Waals surface area (Å²) in [6.07, 6.45) is 0. The molecule has 0 bridgehead atoms. The van der Waals surface area contributed by atoms with Crippen LogP contribution in [0.25, 0.3) is 11.4 Å². The van der Waals surface area contributed by atoms with Crippen LogP contribution in [-0.4, -0.2) is 43.0 Å². The average Bonchev–Trinajstić information content (AvgIpc) is 3.16. The number of hydrogen-bond acceptors (Lipinski definition) is 7. The van der Waals surface area contributed by atoms with Crippen LogP contribution in [0.15, 0.2) is 56.4 Å². The number of ether oxygens (including phenoxy) is 1. The van der Waals surface area contributed by atoms with E-state index in [1.807, 2.05) is 24.3 Å². The number of rotatable bonds is 6. The van der Waals surface area contributed by atoms with E-state index in [1.165, 1.54) is 32.4 Å². The highest BCUT2D eigenvalue weighted by molar-refractivity contribution is 9.10. The van der Waals surface area contributed by atoms with Crippen LogP contribution in [0.4, 0.5) is 0 Å². The Bertz CT molecular complexity index is 1170. The molecule has 3 aromatic rings. The van der Waals surface area contributed by atoms with Crippen LogP contribution in [-0.2, 0) is 21.3 Å². The van der Waals surface area contributed by atoms with Crippen molar-refractivity contribution in [3.63, 3.8) is 0 Å². The maximum Gasteiger partial charge on any atom is 0.339 e. The normalized spacial score (nSPS) is 11.6. The third-order valence-corrected chi connectivity index (χ3v) is 6.58. The third-order valence-electron chi connectivity index (χ3n) is 3.96. The fourth-order valence-corrected chi connectivity index (χ4v) is 4.19. The van der Waals surface area contributed by atoms with Crippen molar-refractivity contribution in [3.05, 3.63) is 63.4 Å². The third kappa shape index (κ3) is 4.67. The van der Waals surface area contributed by atoms with Crippen molar-refractivity contribution in [1.29, 1.82) is 0 Å². The SMILES string of the molecule is COC(=O)c1cc(S(=O)(=O)N(C)Cc2nc(-c3cccc(Br)c3)no2)ccc1Cl. The van der Waals surface area contributed by atoms with Gasteiger partial charge in [-0.3, -0.25) is 0 Å². The zero-order chi connectivity index (χ0) is 21.2. The minimum Gasteiger partial charge on any atom is -0.465 e. The van der Waals surface area contributed by atoms with Crippen LogP contribution in [0, 0.1) is 0 Å². The van der Waals surface area contributed by atoms with Gasteiger partial charge in [0.2, 0.25) is 21.7 Å². The minimum absolute atomic E-state index is 0.0432. The molecule has 0 amide bonds. The van der Waals surface area contributed by atoms with Gasteiger partial charge in [0.25, 0.3) is 0 Å². The molecular formula is C18H15BrClN3O5S. The van der Waals surface area contributed by atoms with Crippen LogP contribution in [0.3, 0.4) is 0 Å². The van der Waals surface area contributed by atoms with E-state index in [-0.39, 0.29) is 27.9 Å². The summed E-state index contributed by atoms with van der Waals surface area (Å²) >= 11 is 9.32. The second-order valence-electron chi connectivity index (χ2n) is 5.92. The lowest BCUT2D eigenvalue weighted by atomic mass is 10.2. The summed E-state index contributed by atoms with van der Waals surface area (Å²) in [6, 6.07) is 11.1. The Morgan fingerprint density at radius 3 is 2.72 bits per heavy atom. The average molecular weight is 501 g/mol. The molecule has 1 aromatic heterocycles. The Morgan fingerprint density at radius 1 is 1.28 bits per heavy atom. The first-order chi connectivity index (χ1) is 13.7. The summed E-state index contributed by atoms with van der Waals surface area (Å²) in [4.78, 5) is 15.9. The van der Waals surface area contributed by atoms with Gasteiger partial charge in [0.05, 0.1) is 29.1 Å². The Morgan fingerprint density at radius 2 is 2.03 bits per heavy atom. The van der Waals surface area contributed by atoms with Crippen molar-refractivity contribution in [2.45, 2.75) is 11.4 Å². The molecule has 1 heterocycles. The maximum atomic E-state index is 12.9. The second kappa shape index (κ2) is 8.62. The van der Waals surface area contributed by atoms with Gasteiger partial charge in [-0.2, -0.15) is 9.29 Å². The maximum absolute atomic E-state index is 12.9. The van der Waals surface area contributed by atoms with Crippen molar-refractivity contribution >= 4 is 43.5 Å². The summed E-state index contributed by atoms with van der Waals surface area (Å²) in [5, 5.41) is 3.98. The predicted octanol–water partition coefficient (Wildman–Crippen LogP) is 3.76. The van der Waals surface area contributed by atoms with E-state index in [0.29, 0.717) is 5.82 Å². The van der Waals surface area contributed by atoms with Gasteiger partial charge in [0, 0.05) is 17.1 Å². The molecule has 0 unspecified atom stereocenters. The molecule has 2 aromatic carbocycles. The number of esters is 1. The van der Waals surface area contributed by atoms with Crippen molar-refractivity contribution in [2.75, 3.05) is 14.2 Å². The molecule has 152 valence electrons. The van der Waals surface area contributed by atoms with Gasteiger partial charge in [-0.15, -0.1) is 0 Å². The Hall–Kier alpha value is -2.27. The van der Waals surface area contributed by atoms with Crippen LogP contribution in [0.1, 0.15) is 16.2 Å². The van der Waals surface area contributed by atoms with Crippen molar-refractivity contribution < 1.29 is 22.5 Å². The van der Waals surface area contributed by atoms with Gasteiger partial charge in [-0.05, 0) is 30.3 Å². The molecule has 0 aliphatic carbocycles. The number of sulfonamides is 1. The van der Waals surface area contributed by atoms with Crippen molar-refractivity contribution in [3.8, 4) is 11.4 Å². The highest BCUT2D eigenvalue weighted by Gasteiger charge is 2.25. The van der Waals surface area contributed by atoms with Gasteiger partial charge >= 0.3 is 5.97 Å². The first-order valence-electron chi connectivity index (χ1n) is 8.15. The van der Waals surface area contributed by atoms with E-state index in [1.54, 1.807) is 0 Å². The molecule has 3 rings (SSSR count). The molecule has 0 aliphatic heterocycles. The van der Waals surface area contributed by atoms with Gasteiger partial charge in [-0.1, -0.05) is 44.8 Å². The number of carbonyl (C=O) groups excluding carboxylic acids is 1. The molecular weight excluding hydrogens is 486 g/mol. The van der Waals surface area contributed by atoms with Gasteiger partial charge < -0.3 is 9.26 Å². The highest BCUT2D eigenvalue weighted by atomic mass is 79.9. The molecule has 8 nitrogen and oxygen atoms in total. The summed E-state index contributed by atoms with van der Waals surface area (Å²) < 4.78 is 37.4. The number of nitrogens with zero attached hydrogens (tertiary/aromatic N) is 3. The fourth-order valence-electron chi connectivity index (χ4n) is 2.45. The lowest BCUT2D eigenvalue weighted by Gasteiger charge is -2.16. The smallest absolute Gasteiger partial charge is 0.339 e. The van der Waals surface area contributed by atoms with E-state index in [2.05, 4.69) is 30.8 Å². The standard InChI is InChI=1S/C18H15BrClN3O5S/c1-23(10-16-21-17(22-28-16)11-4-3-5-12(19)8-11)29(25,26)13-6-7-15(20)14(9-13)18(24)27-2/h3-9H,10H2,1-2H3. The van der Waals surface area contributed by atoms with Crippen LogP contribution in [0.5, 0.6) is 0 Å². The Kier molecular flexibility index (Phi) is 6.37. The molecule has 0 spiro atoms. The molecule has 0 N–H and O–H groups in total. The molecule has 11 heteroatoms. The van der Waals surface area contributed by atoms with E-state index >= 15 is 0 Å². The lowest BCUT2D eigenvalue weighted by Crippen LogP contribution is -2.27. The largest absolute Gasteiger partial charge is 0.465 e. The Labute approximate surface area is 180 Å². The molecule has 0 saturated heterocycles. The molecule has 0 atom stereocenters. The molecule has 0 saturated carbocycles. The zero-order valence-electron chi connectivity index (χ0n) is 15.3. The lowest BCUT2D eigenvalue weighted by molar-refractivity contribution is 0.0600. The van der Waals surface area contributed by atoms with E-state index in [9.17, 15) is 13.2 Å². The van der Waals surface area contributed by atoms with E-state index < -0.39 is 16.0 Å². The summed E-state index contributed by atoms with van der Waals surface area (Å²) in [5.74, 6) is -0.273. The summed E-state index contributed by atoms with van der Waals surface area (Å²) in [5.41, 5.74) is 0.679. The number of aromatic nitrogens is 2. The van der Waals surface area contributed by atoms with Gasteiger partial charge in [0.15, 0.2) is 0 Å². The quantitative estimate of drug-likeness (QED) is 0.475. The first kappa shape index (κ1) is 21.4. The predicted molar refractivity (Wildman–Crippen MR) is 109 cm³/mol. The van der Waals surface area contributed by atoms with Crippen molar-refractivity contribution in [1.82, 2.24) is 14.4 Å². The Balaban J connectivity index is 1.83. The fraction of sp³-hybridized carbons (Fsp3) is 0.167. The second-order valence-corrected chi connectivity index (χ2v) is 9.28. The zero-order valence-corrected chi connectivity index (χ0v) is 18.5. The highest BCUT2D eigenvalue weighted by Crippen LogP contribution is 2.25. The van der Waals surface area contributed by atoms with Crippen LogP contribution < -0.4 is 0 Å². The van der Waals surface area contributed by atoms with Gasteiger partial charge in [-0.25, -0.2) is 13.2 Å². The van der Waals surface area contributed by atoms with E-state index in [0.717, 1.165) is 14.3 Å². The van der Waals surface area contributed by atoms with Gasteiger partial charge in [0.1, 0.15) is 0 Å².